The molecule has 1 aromatic heterocycles. The summed E-state index contributed by atoms with van der Waals surface area (Å²) in [5.41, 5.74) is -4.99. The van der Waals surface area contributed by atoms with Crippen molar-refractivity contribution >= 4 is 26.5 Å². The maximum atomic E-state index is 12.9. The highest BCUT2D eigenvalue weighted by molar-refractivity contribution is 7.92. The van der Waals surface area contributed by atoms with Gasteiger partial charge >= 0.3 is 5.51 Å². The van der Waals surface area contributed by atoms with E-state index in [2.05, 4.69) is 10.2 Å². The van der Waals surface area contributed by atoms with E-state index in [0.29, 0.717) is 5.75 Å². The zero-order valence-corrected chi connectivity index (χ0v) is 14.3. The number of hydrogen-bond acceptors (Lipinski definition) is 5. The molecule has 0 saturated heterocycles. The van der Waals surface area contributed by atoms with Crippen LogP contribution in [0.15, 0.2) is 41.4 Å². The van der Waals surface area contributed by atoms with E-state index in [-0.39, 0.29) is 24.2 Å². The number of aromatic nitrogens is 2. The lowest BCUT2D eigenvalue weighted by Gasteiger charge is -2.15. The number of hydrogen-bond donors (Lipinski definition) is 1. The molecule has 1 N–H and O–H groups in total. The van der Waals surface area contributed by atoms with Crippen molar-refractivity contribution in [3.8, 4) is 11.5 Å². The van der Waals surface area contributed by atoms with E-state index in [0.717, 1.165) is 23.0 Å². The topological polar surface area (TPSA) is 89.1 Å². The summed E-state index contributed by atoms with van der Waals surface area (Å²) in [5, 5.41) is 7.41. The lowest BCUT2D eigenvalue weighted by Crippen LogP contribution is -2.25. The lowest BCUT2D eigenvalue weighted by atomic mass is 10.1. The minimum Gasteiger partial charge on any atom is -0.457 e. The minimum absolute atomic E-state index is 0.0726. The third-order valence-electron chi connectivity index (χ3n) is 4.35. The van der Waals surface area contributed by atoms with Gasteiger partial charge in [0.05, 0.1) is 16.6 Å². The van der Waals surface area contributed by atoms with Crippen LogP contribution in [-0.4, -0.2) is 29.9 Å². The van der Waals surface area contributed by atoms with E-state index in [1.165, 1.54) is 0 Å². The highest BCUT2D eigenvalue weighted by Crippen LogP contribution is 2.41. The molecule has 1 aliphatic carbocycles. The molecule has 4 rings (SSSR count). The molecule has 0 radical (unpaired) electrons. The predicted octanol–water partition coefficient (Wildman–Crippen LogP) is 3.78. The van der Waals surface area contributed by atoms with Crippen molar-refractivity contribution in [3.63, 3.8) is 0 Å². The summed E-state index contributed by atoms with van der Waals surface area (Å²) < 4.78 is 68.2. The number of H-pyrrole nitrogens is 1. The van der Waals surface area contributed by atoms with Gasteiger partial charge in [-0.25, -0.2) is 8.42 Å². The van der Waals surface area contributed by atoms with Crippen molar-refractivity contribution in [2.75, 3.05) is 0 Å². The van der Waals surface area contributed by atoms with Gasteiger partial charge in [0.15, 0.2) is 5.78 Å². The molecule has 0 atom stereocenters. The van der Waals surface area contributed by atoms with Crippen molar-refractivity contribution in [3.05, 3.63) is 47.7 Å². The average molecular weight is 396 g/mol. The number of nitrogens with zero attached hydrogens (tertiary/aromatic N) is 1. The van der Waals surface area contributed by atoms with Crippen LogP contribution in [-0.2, 0) is 16.3 Å². The molecule has 0 spiro atoms. The van der Waals surface area contributed by atoms with Crippen molar-refractivity contribution in [1.82, 2.24) is 10.2 Å². The Morgan fingerprint density at radius 3 is 2.63 bits per heavy atom. The standard InChI is InChI=1S/C17H11F3N2O4S/c18-17(19,20)27(24,25)15-6-5-14(11-2-4-13(23)16(11)15)26-10-1-3-12-9(7-10)8-21-22-12/h1,3,5-8H,2,4H2,(H,21,22). The third kappa shape index (κ3) is 2.76. The van der Waals surface area contributed by atoms with Crippen LogP contribution in [0, 0.1) is 0 Å². The highest BCUT2D eigenvalue weighted by Gasteiger charge is 2.49. The van der Waals surface area contributed by atoms with Gasteiger partial charge in [0.2, 0.25) is 0 Å². The van der Waals surface area contributed by atoms with E-state index in [1.54, 1.807) is 24.4 Å². The predicted molar refractivity (Wildman–Crippen MR) is 88.5 cm³/mol. The molecule has 6 nitrogen and oxygen atoms in total. The van der Waals surface area contributed by atoms with Crippen molar-refractivity contribution in [1.29, 1.82) is 0 Å². The molecule has 1 heterocycles. The van der Waals surface area contributed by atoms with Gasteiger partial charge in [-0.2, -0.15) is 18.3 Å². The zero-order chi connectivity index (χ0) is 19.4. The number of benzene rings is 2. The van der Waals surface area contributed by atoms with E-state index in [1.807, 2.05) is 0 Å². The summed E-state index contributed by atoms with van der Waals surface area (Å²) in [6.45, 7) is 0. The molecule has 140 valence electrons. The second kappa shape index (κ2) is 5.81. The molecule has 0 amide bonds. The van der Waals surface area contributed by atoms with Gasteiger partial charge in [0.1, 0.15) is 11.5 Å². The van der Waals surface area contributed by atoms with Crippen molar-refractivity contribution in [2.24, 2.45) is 0 Å². The van der Waals surface area contributed by atoms with Crippen LogP contribution in [0.25, 0.3) is 10.9 Å². The number of ether oxygens (including phenoxy) is 1. The fourth-order valence-electron chi connectivity index (χ4n) is 3.08. The molecule has 0 unspecified atom stereocenters. The smallest absolute Gasteiger partial charge is 0.457 e. The molecule has 0 aliphatic heterocycles. The van der Waals surface area contributed by atoms with Crippen LogP contribution in [0.3, 0.4) is 0 Å². The number of aromatic amines is 1. The summed E-state index contributed by atoms with van der Waals surface area (Å²) in [4.78, 5) is 11.1. The average Bonchev–Trinajstić information content (AvgIpc) is 3.21. The van der Waals surface area contributed by atoms with E-state index >= 15 is 0 Å². The Morgan fingerprint density at radius 1 is 1.11 bits per heavy atom. The Hall–Kier alpha value is -2.88. The first-order chi connectivity index (χ1) is 12.7. The van der Waals surface area contributed by atoms with Gasteiger partial charge in [-0.1, -0.05) is 0 Å². The zero-order valence-electron chi connectivity index (χ0n) is 13.5. The first-order valence-corrected chi connectivity index (χ1v) is 9.28. The maximum Gasteiger partial charge on any atom is 0.501 e. The Kier molecular flexibility index (Phi) is 3.77. The van der Waals surface area contributed by atoms with Gasteiger partial charge in [-0.3, -0.25) is 9.89 Å². The summed E-state index contributed by atoms with van der Waals surface area (Å²) in [6.07, 6.45) is 1.62. The maximum absolute atomic E-state index is 12.9. The second-order valence-corrected chi connectivity index (χ2v) is 7.92. The molecule has 10 heteroatoms. The Bertz CT molecular complexity index is 1180. The number of halogens is 3. The molecular weight excluding hydrogens is 385 g/mol. The largest absolute Gasteiger partial charge is 0.501 e. The van der Waals surface area contributed by atoms with Crippen molar-refractivity contribution < 1.29 is 31.1 Å². The van der Waals surface area contributed by atoms with E-state index < -0.39 is 31.6 Å². The number of alkyl halides is 3. The van der Waals surface area contributed by atoms with Crippen LogP contribution >= 0.6 is 0 Å². The third-order valence-corrected chi connectivity index (χ3v) is 5.87. The quantitative estimate of drug-likeness (QED) is 0.728. The monoisotopic (exact) mass is 396 g/mol. The van der Waals surface area contributed by atoms with Gasteiger partial charge in [0, 0.05) is 22.9 Å². The van der Waals surface area contributed by atoms with Crippen LogP contribution in [0.5, 0.6) is 11.5 Å². The summed E-state index contributed by atoms with van der Waals surface area (Å²) in [7, 11) is -5.63. The number of nitrogens with one attached hydrogen (secondary N) is 1. The minimum atomic E-state index is -5.63. The molecule has 0 bridgehead atoms. The highest BCUT2D eigenvalue weighted by atomic mass is 32.2. The molecular formula is C17H11F3N2O4S. The number of sulfone groups is 1. The molecule has 27 heavy (non-hydrogen) atoms. The van der Waals surface area contributed by atoms with Gasteiger partial charge in [0.25, 0.3) is 9.84 Å². The van der Waals surface area contributed by atoms with Crippen LogP contribution in [0.4, 0.5) is 13.2 Å². The molecule has 1 aliphatic rings. The molecule has 0 saturated carbocycles. The van der Waals surface area contributed by atoms with E-state index in [9.17, 15) is 26.4 Å². The summed E-state index contributed by atoms with van der Waals surface area (Å²) in [5.74, 6) is -0.111. The number of ketones is 1. The fourth-order valence-corrected chi connectivity index (χ4v) is 4.08. The van der Waals surface area contributed by atoms with Gasteiger partial charge in [-0.05, 0) is 36.8 Å². The number of fused-ring (bicyclic) bond motifs is 2. The summed E-state index contributed by atoms with van der Waals surface area (Å²) in [6, 6.07) is 6.93. The first-order valence-electron chi connectivity index (χ1n) is 7.80. The molecule has 2 aromatic carbocycles. The molecule has 0 fully saturated rings. The fraction of sp³-hybridized carbons (Fsp3) is 0.176. The number of rotatable bonds is 3. The van der Waals surface area contributed by atoms with Crippen LogP contribution in [0.1, 0.15) is 22.3 Å². The van der Waals surface area contributed by atoms with Crippen molar-refractivity contribution in [2.45, 2.75) is 23.2 Å². The first kappa shape index (κ1) is 17.5. The Morgan fingerprint density at radius 2 is 1.89 bits per heavy atom. The SMILES string of the molecule is O=C1CCc2c(Oc3ccc4[nH]ncc4c3)ccc(S(=O)(=O)C(F)(F)F)c21. The molecule has 3 aromatic rings. The normalized spacial score (nSPS) is 14.6. The summed E-state index contributed by atoms with van der Waals surface area (Å²) >= 11 is 0. The second-order valence-electron chi connectivity index (χ2n) is 6.01. The van der Waals surface area contributed by atoms with E-state index in [4.69, 9.17) is 4.74 Å². The Balaban J connectivity index is 1.81. The lowest BCUT2D eigenvalue weighted by molar-refractivity contribution is -0.0436. The number of Topliss-reactive ketones (excluding diaryl/α,β-unsaturated/α-hetero) is 1. The number of carbonyl (C=O) groups is 1. The van der Waals surface area contributed by atoms with Crippen LogP contribution in [0.2, 0.25) is 0 Å². The van der Waals surface area contributed by atoms with Gasteiger partial charge < -0.3 is 4.74 Å². The Labute approximate surface area is 150 Å². The van der Waals surface area contributed by atoms with Crippen LogP contribution < -0.4 is 4.74 Å². The van der Waals surface area contributed by atoms with Gasteiger partial charge in [-0.15, -0.1) is 0 Å². The number of carbonyl (C=O) groups excluding carboxylic acids is 1.